The van der Waals surface area contributed by atoms with Crippen LogP contribution in [0.2, 0.25) is 0 Å². The summed E-state index contributed by atoms with van der Waals surface area (Å²) in [4.78, 5) is 15.3. The van der Waals surface area contributed by atoms with Crippen LogP contribution >= 0.6 is 24.2 Å². The van der Waals surface area contributed by atoms with Crippen LogP contribution in [-0.4, -0.2) is 25.9 Å². The molecule has 8 heteroatoms. The zero-order valence-corrected chi connectivity index (χ0v) is 16.7. The molecule has 0 radical (unpaired) electrons. The van der Waals surface area contributed by atoms with E-state index in [4.69, 9.17) is 25.8 Å². The van der Waals surface area contributed by atoms with Crippen LogP contribution in [0.5, 0.6) is 17.2 Å². The highest BCUT2D eigenvalue weighted by Gasteiger charge is 2.57. The number of fused-ring (bicyclic) bond motifs is 5. The van der Waals surface area contributed by atoms with Gasteiger partial charge in [-0.2, -0.15) is 0 Å². The normalized spacial score (nSPS) is 21.8. The first-order chi connectivity index (χ1) is 14.0. The lowest BCUT2D eigenvalue weighted by molar-refractivity contribution is -0.122. The predicted octanol–water partition coefficient (Wildman–Crippen LogP) is 4.15. The zero-order valence-electron chi connectivity index (χ0n) is 15.0. The fourth-order valence-electron chi connectivity index (χ4n) is 4.08. The number of allylic oxidation sites excluding steroid dienone is 2. The molecular formula is C21H15ClFNO4S. The third-order valence-corrected chi connectivity index (χ3v) is 5.63. The first-order valence-electron chi connectivity index (χ1n) is 8.91. The summed E-state index contributed by atoms with van der Waals surface area (Å²) >= 11 is 9.71. The largest absolute Gasteiger partial charge is 0.491 e. The SMILES string of the molecule is O=C1N(C/C=C/C=C(\S)Cl)c2ccc(F)cc2C12COc1cc3c(cc12)OCO3. The molecule has 0 aromatic heterocycles. The van der Waals surface area contributed by atoms with Crippen LogP contribution in [0.15, 0.2) is 52.9 Å². The number of carbonyl (C=O) groups is 1. The van der Waals surface area contributed by atoms with E-state index in [-0.39, 0.29) is 19.3 Å². The molecule has 0 aliphatic carbocycles. The second-order valence-electron chi connectivity index (χ2n) is 6.89. The number of thiol groups is 1. The van der Waals surface area contributed by atoms with Crippen molar-refractivity contribution in [2.75, 3.05) is 24.8 Å². The van der Waals surface area contributed by atoms with Gasteiger partial charge in [-0.15, -0.1) is 12.6 Å². The summed E-state index contributed by atoms with van der Waals surface area (Å²) in [6.45, 7) is 0.499. The fourth-order valence-corrected chi connectivity index (χ4v) is 4.23. The maximum atomic E-state index is 14.2. The number of ether oxygens (including phenoxy) is 3. The molecule has 3 heterocycles. The van der Waals surface area contributed by atoms with Gasteiger partial charge in [-0.1, -0.05) is 23.8 Å². The first-order valence-corrected chi connectivity index (χ1v) is 9.73. The van der Waals surface area contributed by atoms with Crippen LogP contribution in [0.1, 0.15) is 11.1 Å². The van der Waals surface area contributed by atoms with Gasteiger partial charge in [0.25, 0.3) is 0 Å². The van der Waals surface area contributed by atoms with Crippen LogP contribution in [0, 0.1) is 5.82 Å². The van der Waals surface area contributed by atoms with Gasteiger partial charge in [0.2, 0.25) is 12.7 Å². The molecule has 1 amide bonds. The van der Waals surface area contributed by atoms with E-state index in [1.165, 1.54) is 12.1 Å². The summed E-state index contributed by atoms with van der Waals surface area (Å²) in [6, 6.07) is 7.87. The number of anilines is 1. The molecule has 0 saturated heterocycles. The highest BCUT2D eigenvalue weighted by atomic mass is 35.5. The quantitative estimate of drug-likeness (QED) is 0.586. The molecule has 2 aromatic rings. The van der Waals surface area contributed by atoms with Crippen molar-refractivity contribution in [2.24, 2.45) is 0 Å². The van der Waals surface area contributed by atoms with Gasteiger partial charge in [-0.05, 0) is 30.3 Å². The van der Waals surface area contributed by atoms with Crippen molar-refractivity contribution in [3.05, 3.63) is 69.9 Å². The van der Waals surface area contributed by atoms with E-state index < -0.39 is 11.2 Å². The molecule has 148 valence electrons. The van der Waals surface area contributed by atoms with Crippen molar-refractivity contribution in [3.8, 4) is 17.2 Å². The molecule has 0 bridgehead atoms. The van der Waals surface area contributed by atoms with Gasteiger partial charge in [-0.3, -0.25) is 4.79 Å². The number of rotatable bonds is 3. The third kappa shape index (κ3) is 2.72. The lowest BCUT2D eigenvalue weighted by atomic mass is 9.77. The van der Waals surface area contributed by atoms with Crippen LogP contribution in [0.3, 0.4) is 0 Å². The van der Waals surface area contributed by atoms with Crippen molar-refractivity contribution in [1.82, 2.24) is 0 Å². The maximum Gasteiger partial charge on any atom is 0.246 e. The van der Waals surface area contributed by atoms with Crippen LogP contribution in [0.25, 0.3) is 0 Å². The van der Waals surface area contributed by atoms with Gasteiger partial charge in [0, 0.05) is 29.4 Å². The van der Waals surface area contributed by atoms with Crippen molar-refractivity contribution in [3.63, 3.8) is 0 Å². The summed E-state index contributed by atoms with van der Waals surface area (Å²) < 4.78 is 31.3. The minimum Gasteiger partial charge on any atom is -0.491 e. The number of amides is 1. The number of nitrogens with zero attached hydrogens (tertiary/aromatic N) is 1. The Hall–Kier alpha value is -2.64. The molecule has 0 N–H and O–H groups in total. The molecule has 1 unspecified atom stereocenters. The monoisotopic (exact) mass is 431 g/mol. The molecule has 3 aliphatic rings. The Balaban J connectivity index is 1.63. The van der Waals surface area contributed by atoms with Crippen molar-refractivity contribution in [2.45, 2.75) is 5.41 Å². The van der Waals surface area contributed by atoms with E-state index in [9.17, 15) is 9.18 Å². The lowest BCUT2D eigenvalue weighted by Gasteiger charge is -2.22. The van der Waals surface area contributed by atoms with Crippen molar-refractivity contribution < 1.29 is 23.4 Å². The van der Waals surface area contributed by atoms with Crippen LogP contribution in [-0.2, 0) is 10.2 Å². The summed E-state index contributed by atoms with van der Waals surface area (Å²) in [7, 11) is 0. The Morgan fingerprint density at radius 3 is 2.76 bits per heavy atom. The Labute approximate surface area is 176 Å². The molecule has 0 fully saturated rings. The van der Waals surface area contributed by atoms with E-state index >= 15 is 0 Å². The second-order valence-corrected chi connectivity index (χ2v) is 8.04. The summed E-state index contributed by atoms with van der Waals surface area (Å²) in [5.74, 6) is 1.07. The standard InChI is InChI=1S/C21H15ClFNO4S/c22-19(29)3-1-2-6-24-15-5-4-12(23)7-13(15)21(20(24)25)10-26-16-9-18-17(8-14(16)21)27-11-28-18/h1-5,7-9,29H,6,10-11H2/b2-1+,19-3-. The Morgan fingerprint density at radius 2 is 1.97 bits per heavy atom. The zero-order chi connectivity index (χ0) is 20.2. The Bertz CT molecular complexity index is 1100. The molecule has 1 spiro atoms. The van der Waals surface area contributed by atoms with Crippen LogP contribution in [0.4, 0.5) is 10.1 Å². The number of halogens is 2. The van der Waals surface area contributed by atoms with E-state index in [1.807, 2.05) is 0 Å². The van der Waals surface area contributed by atoms with E-state index in [2.05, 4.69) is 12.6 Å². The van der Waals surface area contributed by atoms with Crippen LogP contribution < -0.4 is 19.1 Å². The maximum absolute atomic E-state index is 14.2. The minimum atomic E-state index is -1.13. The molecule has 1 atom stereocenters. The van der Waals surface area contributed by atoms with E-state index in [1.54, 1.807) is 41.3 Å². The Kier molecular flexibility index (Phi) is 4.26. The third-order valence-electron chi connectivity index (χ3n) is 5.36. The molecule has 5 nitrogen and oxygen atoms in total. The van der Waals surface area contributed by atoms with Gasteiger partial charge in [0.1, 0.15) is 23.6 Å². The van der Waals surface area contributed by atoms with Gasteiger partial charge in [-0.25, -0.2) is 4.39 Å². The number of carbonyl (C=O) groups excluding carboxylic acids is 1. The summed E-state index contributed by atoms with van der Waals surface area (Å²) in [5.41, 5.74) is 0.759. The van der Waals surface area contributed by atoms with Crippen molar-refractivity contribution in [1.29, 1.82) is 0 Å². The fraction of sp³-hybridized carbons (Fsp3) is 0.190. The number of benzene rings is 2. The molecule has 0 saturated carbocycles. The molecule has 2 aromatic carbocycles. The minimum absolute atomic E-state index is 0.0864. The summed E-state index contributed by atoms with van der Waals surface area (Å²) in [5, 5.41) is 0. The molecule has 29 heavy (non-hydrogen) atoms. The second kappa shape index (κ2) is 6.71. The summed E-state index contributed by atoms with van der Waals surface area (Å²) in [6.07, 6.45) is 5.12. The average molecular weight is 432 g/mol. The van der Waals surface area contributed by atoms with Crippen molar-refractivity contribution >= 4 is 35.8 Å². The molecule has 5 rings (SSSR count). The van der Waals surface area contributed by atoms with Gasteiger partial charge >= 0.3 is 0 Å². The van der Waals surface area contributed by atoms with Gasteiger partial charge in [0.15, 0.2) is 11.5 Å². The highest BCUT2D eigenvalue weighted by molar-refractivity contribution is 7.86. The molecular weight excluding hydrogens is 417 g/mol. The first kappa shape index (κ1) is 18.4. The number of hydrogen-bond donors (Lipinski definition) is 1. The average Bonchev–Trinajstić information content (AvgIpc) is 3.35. The molecule has 3 aliphatic heterocycles. The van der Waals surface area contributed by atoms with Gasteiger partial charge < -0.3 is 19.1 Å². The van der Waals surface area contributed by atoms with Gasteiger partial charge in [0.05, 0.1) is 4.36 Å². The number of hydrogen-bond acceptors (Lipinski definition) is 5. The van der Waals surface area contributed by atoms with E-state index in [0.29, 0.717) is 45.0 Å². The topological polar surface area (TPSA) is 48.0 Å². The highest BCUT2D eigenvalue weighted by Crippen LogP contribution is 2.55. The smallest absolute Gasteiger partial charge is 0.246 e. The lowest BCUT2D eigenvalue weighted by Crippen LogP contribution is -2.42. The predicted molar refractivity (Wildman–Crippen MR) is 110 cm³/mol. The van der Waals surface area contributed by atoms with E-state index in [0.717, 1.165) is 0 Å². The Morgan fingerprint density at radius 1 is 1.17 bits per heavy atom.